The van der Waals surface area contributed by atoms with Gasteiger partial charge in [0.25, 0.3) is 5.91 Å². The molecule has 0 saturated carbocycles. The molecule has 4 rings (SSSR count). The Bertz CT molecular complexity index is 873. The highest BCUT2D eigenvalue weighted by Crippen LogP contribution is 2.23. The maximum absolute atomic E-state index is 13.0. The van der Waals surface area contributed by atoms with Gasteiger partial charge in [-0.05, 0) is 48.9 Å². The molecule has 0 bridgehead atoms. The van der Waals surface area contributed by atoms with Crippen molar-refractivity contribution in [2.24, 2.45) is 0 Å². The zero-order valence-corrected chi connectivity index (χ0v) is 16.9. The van der Waals surface area contributed by atoms with E-state index in [1.54, 1.807) is 12.0 Å². The summed E-state index contributed by atoms with van der Waals surface area (Å²) in [5.74, 6) is 1.07. The number of methoxy groups -OCH3 is 1. The molecule has 1 N–H and O–H groups in total. The van der Waals surface area contributed by atoms with Crippen LogP contribution in [0.3, 0.4) is 0 Å². The van der Waals surface area contributed by atoms with E-state index in [2.05, 4.69) is 12.1 Å². The van der Waals surface area contributed by atoms with Gasteiger partial charge in [-0.15, -0.1) is 0 Å². The summed E-state index contributed by atoms with van der Waals surface area (Å²) in [6.45, 7) is 5.06. The average molecular weight is 394 g/mol. The fourth-order valence-corrected chi connectivity index (χ4v) is 4.15. The fourth-order valence-electron chi connectivity index (χ4n) is 4.15. The lowest BCUT2D eigenvalue weighted by molar-refractivity contribution is -0.917. The first-order valence-electron chi connectivity index (χ1n) is 10.3. The number of benzene rings is 2. The molecule has 0 aliphatic carbocycles. The predicted molar refractivity (Wildman–Crippen MR) is 111 cm³/mol. The number of amides is 2. The van der Waals surface area contributed by atoms with Crippen LogP contribution in [0.4, 0.5) is 5.69 Å². The van der Waals surface area contributed by atoms with Crippen LogP contribution in [-0.2, 0) is 11.3 Å². The first kappa shape index (κ1) is 19.5. The Kier molecular flexibility index (Phi) is 5.81. The zero-order valence-electron chi connectivity index (χ0n) is 16.9. The minimum Gasteiger partial charge on any atom is -0.497 e. The number of rotatable bonds is 5. The Morgan fingerprint density at radius 3 is 2.48 bits per heavy atom. The number of nitrogens with zero attached hydrogens (tertiary/aromatic N) is 2. The number of carbonyl (C=O) groups excluding carboxylic acids is 2. The van der Waals surface area contributed by atoms with Gasteiger partial charge in [-0.3, -0.25) is 9.59 Å². The van der Waals surface area contributed by atoms with Crippen molar-refractivity contribution in [3.63, 3.8) is 0 Å². The smallest absolute Gasteiger partial charge is 0.254 e. The first-order valence-corrected chi connectivity index (χ1v) is 10.3. The number of ether oxygens (including phenoxy) is 1. The summed E-state index contributed by atoms with van der Waals surface area (Å²) in [4.78, 5) is 30.2. The first-order chi connectivity index (χ1) is 14.1. The third-order valence-electron chi connectivity index (χ3n) is 5.85. The molecule has 6 heteroatoms. The predicted octanol–water partition coefficient (Wildman–Crippen LogP) is 1.36. The Morgan fingerprint density at radius 1 is 1.07 bits per heavy atom. The van der Waals surface area contributed by atoms with Gasteiger partial charge in [-0.1, -0.05) is 6.07 Å². The highest BCUT2D eigenvalue weighted by atomic mass is 16.5. The molecule has 2 aromatic rings. The monoisotopic (exact) mass is 394 g/mol. The molecule has 0 atom stereocenters. The van der Waals surface area contributed by atoms with E-state index in [1.807, 2.05) is 41.3 Å². The molecule has 0 aromatic heterocycles. The van der Waals surface area contributed by atoms with Crippen LogP contribution in [0.15, 0.2) is 48.5 Å². The standard InChI is InChI=1S/C23H27N3O3/c1-29-21-9-7-18(8-10-21)17-24-12-14-25(15-13-24)23(28)19-4-2-5-20(16-19)26-11-3-6-22(26)27/h2,4-5,7-10,16H,3,6,11-15,17H2,1H3/p+1. The number of carbonyl (C=O) groups is 2. The van der Waals surface area contributed by atoms with Crippen LogP contribution < -0.4 is 14.5 Å². The van der Waals surface area contributed by atoms with Crippen LogP contribution in [0, 0.1) is 0 Å². The third-order valence-corrected chi connectivity index (χ3v) is 5.85. The topological polar surface area (TPSA) is 54.3 Å². The van der Waals surface area contributed by atoms with E-state index in [0.29, 0.717) is 12.0 Å². The Labute approximate surface area is 171 Å². The van der Waals surface area contributed by atoms with Crippen LogP contribution >= 0.6 is 0 Å². The van der Waals surface area contributed by atoms with Crippen molar-refractivity contribution in [3.05, 3.63) is 59.7 Å². The summed E-state index contributed by atoms with van der Waals surface area (Å²) in [5.41, 5.74) is 2.78. The van der Waals surface area contributed by atoms with Crippen molar-refractivity contribution >= 4 is 17.5 Å². The molecule has 0 radical (unpaired) electrons. The molecule has 29 heavy (non-hydrogen) atoms. The van der Waals surface area contributed by atoms with Crippen LogP contribution in [-0.4, -0.2) is 56.5 Å². The lowest BCUT2D eigenvalue weighted by Gasteiger charge is -2.32. The quantitative estimate of drug-likeness (QED) is 0.833. The summed E-state index contributed by atoms with van der Waals surface area (Å²) >= 11 is 0. The number of quaternary nitrogens is 1. The van der Waals surface area contributed by atoms with Crippen LogP contribution in [0.5, 0.6) is 5.75 Å². The van der Waals surface area contributed by atoms with Crippen molar-refractivity contribution in [1.29, 1.82) is 0 Å². The van der Waals surface area contributed by atoms with Gasteiger partial charge in [-0.2, -0.15) is 0 Å². The van der Waals surface area contributed by atoms with Crippen molar-refractivity contribution in [2.75, 3.05) is 44.7 Å². The zero-order chi connectivity index (χ0) is 20.2. The van der Waals surface area contributed by atoms with Crippen LogP contribution in [0.1, 0.15) is 28.8 Å². The number of nitrogens with one attached hydrogen (secondary N) is 1. The summed E-state index contributed by atoms with van der Waals surface area (Å²) in [7, 11) is 1.68. The van der Waals surface area contributed by atoms with Crippen LogP contribution in [0.2, 0.25) is 0 Å². The van der Waals surface area contributed by atoms with Gasteiger partial charge in [0.05, 0.1) is 33.3 Å². The minimum absolute atomic E-state index is 0.0574. The number of anilines is 1. The molecular weight excluding hydrogens is 366 g/mol. The average Bonchev–Trinajstić information content (AvgIpc) is 3.20. The molecule has 2 aliphatic rings. The second-order valence-corrected chi connectivity index (χ2v) is 7.77. The van der Waals surface area contributed by atoms with E-state index in [0.717, 1.165) is 57.1 Å². The van der Waals surface area contributed by atoms with Gasteiger partial charge in [0, 0.05) is 29.8 Å². The van der Waals surface area contributed by atoms with Crippen molar-refractivity contribution in [3.8, 4) is 5.75 Å². The second-order valence-electron chi connectivity index (χ2n) is 7.77. The Hall–Kier alpha value is -2.86. The van der Waals surface area contributed by atoms with E-state index < -0.39 is 0 Å². The number of hydrogen-bond acceptors (Lipinski definition) is 3. The third kappa shape index (κ3) is 4.43. The molecule has 2 amide bonds. The maximum Gasteiger partial charge on any atom is 0.254 e. The fraction of sp³-hybridized carbons (Fsp3) is 0.391. The highest BCUT2D eigenvalue weighted by Gasteiger charge is 2.26. The number of piperazine rings is 1. The molecule has 6 nitrogen and oxygen atoms in total. The van der Waals surface area contributed by atoms with Crippen molar-refractivity contribution < 1.29 is 19.2 Å². The van der Waals surface area contributed by atoms with Gasteiger partial charge >= 0.3 is 0 Å². The molecular formula is C23H28N3O3+. The summed E-state index contributed by atoms with van der Waals surface area (Å²) in [5, 5.41) is 0. The molecule has 2 saturated heterocycles. The van der Waals surface area contributed by atoms with E-state index in [-0.39, 0.29) is 11.8 Å². The Balaban J connectivity index is 1.34. The molecule has 2 fully saturated rings. The molecule has 2 aliphatic heterocycles. The summed E-state index contributed by atoms with van der Waals surface area (Å²) < 4.78 is 5.22. The highest BCUT2D eigenvalue weighted by molar-refractivity contribution is 5.99. The molecule has 0 spiro atoms. The minimum atomic E-state index is 0.0574. The van der Waals surface area contributed by atoms with Crippen molar-refractivity contribution in [2.45, 2.75) is 19.4 Å². The SMILES string of the molecule is COc1ccc(C[NH+]2CCN(C(=O)c3cccc(N4CCCC4=O)c3)CC2)cc1. The van der Waals surface area contributed by atoms with Gasteiger partial charge in [0.1, 0.15) is 12.3 Å². The molecule has 152 valence electrons. The number of hydrogen-bond donors (Lipinski definition) is 1. The van der Waals surface area contributed by atoms with E-state index in [1.165, 1.54) is 10.5 Å². The van der Waals surface area contributed by atoms with E-state index in [4.69, 9.17) is 4.74 Å². The van der Waals surface area contributed by atoms with Crippen LogP contribution in [0.25, 0.3) is 0 Å². The molecule has 2 heterocycles. The van der Waals surface area contributed by atoms with Gasteiger partial charge < -0.3 is 19.4 Å². The maximum atomic E-state index is 13.0. The van der Waals surface area contributed by atoms with Crippen molar-refractivity contribution in [1.82, 2.24) is 4.90 Å². The normalized spacial score (nSPS) is 17.6. The van der Waals surface area contributed by atoms with Gasteiger partial charge in [0.2, 0.25) is 5.91 Å². The molecule has 2 aromatic carbocycles. The summed E-state index contributed by atoms with van der Waals surface area (Å²) in [6.07, 6.45) is 1.48. The van der Waals surface area contributed by atoms with Gasteiger partial charge in [-0.25, -0.2) is 0 Å². The lowest BCUT2D eigenvalue weighted by atomic mass is 10.1. The molecule has 0 unspecified atom stereocenters. The lowest BCUT2D eigenvalue weighted by Crippen LogP contribution is -3.13. The second kappa shape index (κ2) is 8.66. The van der Waals surface area contributed by atoms with E-state index in [9.17, 15) is 9.59 Å². The van der Waals surface area contributed by atoms with E-state index >= 15 is 0 Å². The van der Waals surface area contributed by atoms with Gasteiger partial charge in [0.15, 0.2) is 0 Å². The Morgan fingerprint density at radius 2 is 1.83 bits per heavy atom. The largest absolute Gasteiger partial charge is 0.497 e. The summed E-state index contributed by atoms with van der Waals surface area (Å²) in [6, 6.07) is 15.7.